The number of hydrazine groups is 1. The molecule has 1 amide bonds. The first kappa shape index (κ1) is 11.1. The number of carbonyl (C=O) groups is 1. The molecule has 1 aliphatic heterocycles. The summed E-state index contributed by atoms with van der Waals surface area (Å²) in [5.41, 5.74) is 3.14. The largest absolute Gasteiger partial charge is 0.374 e. The van der Waals surface area contributed by atoms with E-state index >= 15 is 0 Å². The molecule has 2 heterocycles. The first-order valence-corrected chi connectivity index (χ1v) is 5.50. The molecule has 2 rings (SSSR count). The van der Waals surface area contributed by atoms with Gasteiger partial charge in [-0.15, -0.1) is 0 Å². The van der Waals surface area contributed by atoms with Crippen molar-refractivity contribution in [3.8, 4) is 0 Å². The maximum absolute atomic E-state index is 11.7. The molecule has 1 aliphatic rings. The summed E-state index contributed by atoms with van der Waals surface area (Å²) in [7, 11) is 0. The number of nitrogens with zero attached hydrogens (tertiary/aromatic N) is 3. The molecule has 0 saturated carbocycles. The number of piperidine rings is 1. The van der Waals surface area contributed by atoms with E-state index in [1.165, 1.54) is 11.1 Å². The number of aromatic nitrogens is 2. The topological polar surface area (TPSA) is 70.4 Å². The summed E-state index contributed by atoms with van der Waals surface area (Å²) in [6.07, 6.45) is 5.04. The zero-order chi connectivity index (χ0) is 11.4. The summed E-state index contributed by atoms with van der Waals surface area (Å²) in [5, 5.41) is 14.7. The number of carbonyl (C=O) groups excluding carboxylic acids is 1. The van der Waals surface area contributed by atoms with Gasteiger partial charge in [-0.1, -0.05) is 6.42 Å². The summed E-state index contributed by atoms with van der Waals surface area (Å²) in [4.78, 5) is 11.7. The van der Waals surface area contributed by atoms with Gasteiger partial charge in [0.05, 0.1) is 0 Å². The van der Waals surface area contributed by atoms with Gasteiger partial charge in [0, 0.05) is 19.3 Å². The summed E-state index contributed by atoms with van der Waals surface area (Å²) in [5.74, 6) is -0.214. The first-order valence-electron chi connectivity index (χ1n) is 5.50. The lowest BCUT2D eigenvalue weighted by Gasteiger charge is -2.26. The van der Waals surface area contributed by atoms with Crippen LogP contribution in [0.2, 0.25) is 0 Å². The smallest absolute Gasteiger partial charge is 0.286 e. The summed E-state index contributed by atoms with van der Waals surface area (Å²) in [6, 6.07) is 1.59. The Morgan fingerprint density at radius 3 is 2.81 bits per heavy atom. The molecule has 0 aromatic carbocycles. The molecule has 0 bridgehead atoms. The molecule has 0 radical (unpaired) electrons. The number of aliphatic hydroxyl groups is 1. The van der Waals surface area contributed by atoms with Gasteiger partial charge in [0.2, 0.25) is 0 Å². The lowest BCUT2D eigenvalue weighted by molar-refractivity contribution is 0.0742. The lowest BCUT2D eigenvalue weighted by Crippen LogP contribution is -2.45. The van der Waals surface area contributed by atoms with Crippen LogP contribution in [0.5, 0.6) is 0 Å². The highest BCUT2D eigenvalue weighted by Gasteiger charge is 2.15. The number of aliphatic hydroxyl groups excluding tert-OH is 1. The second kappa shape index (κ2) is 5.09. The van der Waals surface area contributed by atoms with E-state index in [2.05, 4.69) is 10.5 Å². The van der Waals surface area contributed by atoms with Gasteiger partial charge in [-0.3, -0.25) is 10.2 Å². The SMILES string of the molecule is O=C(NN1CCCCC1)c1ccn(CO)n1. The summed E-state index contributed by atoms with van der Waals surface area (Å²) < 4.78 is 1.31. The van der Waals surface area contributed by atoms with Crippen molar-refractivity contribution >= 4 is 5.91 Å². The van der Waals surface area contributed by atoms with Crippen molar-refractivity contribution in [2.75, 3.05) is 13.1 Å². The first-order chi connectivity index (χ1) is 7.79. The maximum Gasteiger partial charge on any atom is 0.286 e. The minimum atomic E-state index is -0.214. The van der Waals surface area contributed by atoms with Crippen molar-refractivity contribution in [1.29, 1.82) is 0 Å². The molecule has 6 nitrogen and oxygen atoms in total. The molecule has 1 saturated heterocycles. The molecular formula is C10H16N4O2. The third-order valence-corrected chi connectivity index (χ3v) is 2.63. The number of nitrogens with one attached hydrogen (secondary N) is 1. The van der Waals surface area contributed by atoms with E-state index in [4.69, 9.17) is 5.11 Å². The Morgan fingerprint density at radius 2 is 2.19 bits per heavy atom. The minimum Gasteiger partial charge on any atom is -0.374 e. The average molecular weight is 224 g/mol. The molecule has 2 N–H and O–H groups in total. The third-order valence-electron chi connectivity index (χ3n) is 2.63. The van der Waals surface area contributed by atoms with Crippen LogP contribution < -0.4 is 5.43 Å². The normalized spacial score (nSPS) is 17.3. The third kappa shape index (κ3) is 2.59. The fourth-order valence-corrected chi connectivity index (χ4v) is 1.77. The predicted molar refractivity (Wildman–Crippen MR) is 57.3 cm³/mol. The highest BCUT2D eigenvalue weighted by Crippen LogP contribution is 2.06. The van der Waals surface area contributed by atoms with Crippen molar-refractivity contribution in [1.82, 2.24) is 20.2 Å². The van der Waals surface area contributed by atoms with Crippen LogP contribution in [0.4, 0.5) is 0 Å². The van der Waals surface area contributed by atoms with Crippen molar-refractivity contribution in [3.63, 3.8) is 0 Å². The average Bonchev–Trinajstić information content (AvgIpc) is 2.79. The molecule has 6 heteroatoms. The van der Waals surface area contributed by atoms with E-state index in [-0.39, 0.29) is 12.6 Å². The molecule has 0 spiro atoms. The number of hydrogen-bond acceptors (Lipinski definition) is 4. The van der Waals surface area contributed by atoms with Gasteiger partial charge in [-0.2, -0.15) is 5.10 Å². The van der Waals surface area contributed by atoms with Crippen LogP contribution in [-0.2, 0) is 6.73 Å². The predicted octanol–water partition coefficient (Wildman–Crippen LogP) is -0.0364. The van der Waals surface area contributed by atoms with Crippen LogP contribution in [0.15, 0.2) is 12.3 Å². The van der Waals surface area contributed by atoms with E-state index in [0.29, 0.717) is 5.69 Å². The number of hydrogen-bond donors (Lipinski definition) is 2. The monoisotopic (exact) mass is 224 g/mol. The van der Waals surface area contributed by atoms with Gasteiger partial charge in [-0.25, -0.2) is 9.69 Å². The Hall–Kier alpha value is -1.40. The van der Waals surface area contributed by atoms with E-state index < -0.39 is 0 Å². The standard InChI is InChI=1S/C10H16N4O2/c15-8-14-7-4-9(11-14)10(16)12-13-5-2-1-3-6-13/h4,7,15H,1-3,5-6,8H2,(H,12,16). The van der Waals surface area contributed by atoms with Crippen LogP contribution in [0.3, 0.4) is 0 Å². The second-order valence-electron chi connectivity index (χ2n) is 3.87. The Balaban J connectivity index is 1.91. The van der Waals surface area contributed by atoms with Crippen LogP contribution in [0.1, 0.15) is 29.8 Å². The minimum absolute atomic E-state index is 0.211. The van der Waals surface area contributed by atoms with Crippen molar-refractivity contribution in [2.24, 2.45) is 0 Å². The molecule has 0 aliphatic carbocycles. The van der Waals surface area contributed by atoms with Crippen molar-refractivity contribution < 1.29 is 9.90 Å². The summed E-state index contributed by atoms with van der Waals surface area (Å²) in [6.45, 7) is 1.58. The highest BCUT2D eigenvalue weighted by atomic mass is 16.3. The van der Waals surface area contributed by atoms with Crippen LogP contribution in [-0.4, -0.2) is 38.9 Å². The molecule has 1 aromatic heterocycles. The molecule has 0 atom stereocenters. The fourth-order valence-electron chi connectivity index (χ4n) is 1.77. The highest BCUT2D eigenvalue weighted by molar-refractivity contribution is 5.91. The molecule has 88 valence electrons. The van der Waals surface area contributed by atoms with Gasteiger partial charge < -0.3 is 5.11 Å². The summed E-state index contributed by atoms with van der Waals surface area (Å²) >= 11 is 0. The molecule has 16 heavy (non-hydrogen) atoms. The Kier molecular flexibility index (Phi) is 3.53. The van der Waals surface area contributed by atoms with Gasteiger partial charge in [0.25, 0.3) is 5.91 Å². The van der Waals surface area contributed by atoms with Crippen LogP contribution in [0.25, 0.3) is 0 Å². The van der Waals surface area contributed by atoms with Crippen molar-refractivity contribution in [2.45, 2.75) is 26.0 Å². The molecule has 1 fully saturated rings. The lowest BCUT2D eigenvalue weighted by atomic mass is 10.2. The van der Waals surface area contributed by atoms with Gasteiger partial charge in [0.1, 0.15) is 6.73 Å². The van der Waals surface area contributed by atoms with E-state index in [1.54, 1.807) is 12.3 Å². The van der Waals surface area contributed by atoms with Crippen LogP contribution >= 0.6 is 0 Å². The fraction of sp³-hybridized carbons (Fsp3) is 0.600. The molecular weight excluding hydrogens is 208 g/mol. The molecule has 0 unspecified atom stereocenters. The van der Waals surface area contributed by atoms with Crippen molar-refractivity contribution in [3.05, 3.63) is 18.0 Å². The quantitative estimate of drug-likeness (QED) is 0.756. The van der Waals surface area contributed by atoms with E-state index in [1.807, 2.05) is 5.01 Å². The van der Waals surface area contributed by atoms with E-state index in [0.717, 1.165) is 25.9 Å². The molecule has 1 aromatic rings. The zero-order valence-corrected chi connectivity index (χ0v) is 9.09. The Labute approximate surface area is 93.8 Å². The van der Waals surface area contributed by atoms with Crippen LogP contribution in [0, 0.1) is 0 Å². The number of amides is 1. The van der Waals surface area contributed by atoms with Gasteiger partial charge in [-0.05, 0) is 18.9 Å². The second-order valence-corrected chi connectivity index (χ2v) is 3.87. The Morgan fingerprint density at radius 1 is 1.44 bits per heavy atom. The maximum atomic E-state index is 11.7. The van der Waals surface area contributed by atoms with E-state index in [9.17, 15) is 4.79 Å². The Bertz CT molecular complexity index is 357. The zero-order valence-electron chi connectivity index (χ0n) is 9.09. The van der Waals surface area contributed by atoms with Gasteiger partial charge >= 0.3 is 0 Å². The van der Waals surface area contributed by atoms with Gasteiger partial charge in [0.15, 0.2) is 5.69 Å². The number of rotatable bonds is 3.